The van der Waals surface area contributed by atoms with Crippen molar-refractivity contribution >= 4 is 11.1 Å². The molecule has 0 heterocycles. The molecule has 2 atom stereocenters. The molecule has 0 aliphatic heterocycles. The van der Waals surface area contributed by atoms with Gasteiger partial charge in [-0.1, -0.05) is 52.4 Å². The molecule has 0 saturated carbocycles. The third kappa shape index (κ3) is 7.51. The Bertz CT molecular complexity index is 148. The quantitative estimate of drug-likeness (QED) is 0.475. The molecule has 0 aromatic rings. The van der Waals surface area contributed by atoms with Gasteiger partial charge in [-0.15, -0.1) is 0 Å². The van der Waals surface area contributed by atoms with Gasteiger partial charge in [0.05, 0.1) is 5.25 Å². The molecule has 0 aromatic heterocycles. The van der Waals surface area contributed by atoms with Crippen molar-refractivity contribution in [3.05, 3.63) is 0 Å². The van der Waals surface area contributed by atoms with Crippen molar-refractivity contribution in [1.29, 1.82) is 0 Å². The van der Waals surface area contributed by atoms with E-state index >= 15 is 0 Å². The highest BCUT2D eigenvalue weighted by Crippen LogP contribution is 2.13. The summed E-state index contributed by atoms with van der Waals surface area (Å²) in [6.07, 6.45) is 9.24. The van der Waals surface area contributed by atoms with Crippen LogP contribution in [0.5, 0.6) is 0 Å². The van der Waals surface area contributed by atoms with E-state index in [0.717, 1.165) is 19.3 Å². The Morgan fingerprint density at radius 2 is 1.64 bits per heavy atom. The highest BCUT2D eigenvalue weighted by atomic mass is 32.2. The highest BCUT2D eigenvalue weighted by molar-refractivity contribution is 7.79. The highest BCUT2D eigenvalue weighted by Gasteiger charge is 2.11. The van der Waals surface area contributed by atoms with Crippen LogP contribution in [0, 0.1) is 0 Å². The average molecular weight is 220 g/mol. The summed E-state index contributed by atoms with van der Waals surface area (Å²) in [5, 5.41) is 0.00109. The Balaban J connectivity index is 3.29. The smallest absolute Gasteiger partial charge is 0.155 e. The SMILES string of the molecule is CCCCCCCCC(CC)S(=O)O. The fourth-order valence-electron chi connectivity index (χ4n) is 1.60. The molecule has 0 spiro atoms. The molecule has 0 rings (SSSR count). The van der Waals surface area contributed by atoms with Crippen LogP contribution in [0.2, 0.25) is 0 Å². The maximum absolute atomic E-state index is 10.8. The molecule has 0 saturated heterocycles. The Hall–Kier alpha value is 0.110. The van der Waals surface area contributed by atoms with Crippen LogP contribution in [0.25, 0.3) is 0 Å². The number of hydrogen-bond acceptors (Lipinski definition) is 1. The minimum Gasteiger partial charge on any atom is -0.306 e. The lowest BCUT2D eigenvalue weighted by Crippen LogP contribution is -2.12. The summed E-state index contributed by atoms with van der Waals surface area (Å²) in [5.41, 5.74) is 0. The second-order valence-corrected chi connectivity index (χ2v) is 5.08. The lowest BCUT2D eigenvalue weighted by molar-refractivity contribution is 0.519. The maximum Gasteiger partial charge on any atom is 0.155 e. The molecule has 0 aromatic carbocycles. The van der Waals surface area contributed by atoms with Crippen molar-refractivity contribution in [2.24, 2.45) is 0 Å². The fourth-order valence-corrected chi connectivity index (χ4v) is 2.25. The Kier molecular flexibility index (Phi) is 9.73. The van der Waals surface area contributed by atoms with E-state index in [9.17, 15) is 4.21 Å². The summed E-state index contributed by atoms with van der Waals surface area (Å²) in [4.78, 5) is 0. The maximum atomic E-state index is 10.8. The molecule has 14 heavy (non-hydrogen) atoms. The first-order valence-electron chi connectivity index (χ1n) is 5.82. The molecule has 2 nitrogen and oxygen atoms in total. The van der Waals surface area contributed by atoms with E-state index in [0.29, 0.717) is 0 Å². The molecule has 0 aliphatic carbocycles. The van der Waals surface area contributed by atoms with Crippen LogP contribution in [0.3, 0.4) is 0 Å². The van der Waals surface area contributed by atoms with Gasteiger partial charge < -0.3 is 4.55 Å². The summed E-state index contributed by atoms with van der Waals surface area (Å²) < 4.78 is 19.7. The second kappa shape index (κ2) is 9.66. The summed E-state index contributed by atoms with van der Waals surface area (Å²) in [6, 6.07) is 0. The van der Waals surface area contributed by atoms with Gasteiger partial charge in [0.1, 0.15) is 0 Å². The zero-order valence-corrected chi connectivity index (χ0v) is 10.3. The molecule has 0 fully saturated rings. The fraction of sp³-hybridized carbons (Fsp3) is 1.00. The van der Waals surface area contributed by atoms with E-state index in [2.05, 4.69) is 6.92 Å². The molecular weight excluding hydrogens is 196 g/mol. The minimum atomic E-state index is -1.61. The van der Waals surface area contributed by atoms with Crippen molar-refractivity contribution in [1.82, 2.24) is 0 Å². The monoisotopic (exact) mass is 220 g/mol. The summed E-state index contributed by atoms with van der Waals surface area (Å²) >= 11 is -1.61. The molecule has 3 heteroatoms. The molecule has 2 unspecified atom stereocenters. The van der Waals surface area contributed by atoms with E-state index in [-0.39, 0.29) is 5.25 Å². The zero-order chi connectivity index (χ0) is 10.8. The van der Waals surface area contributed by atoms with Crippen molar-refractivity contribution < 1.29 is 8.76 Å². The zero-order valence-electron chi connectivity index (χ0n) is 9.50. The Labute approximate surface area is 90.8 Å². The molecule has 0 bridgehead atoms. The standard InChI is InChI=1S/C11H24O2S/c1-3-5-6-7-8-9-10-11(4-2)14(12)13/h11H,3-10H2,1-2H3,(H,12,13). The summed E-state index contributed by atoms with van der Waals surface area (Å²) in [6.45, 7) is 4.19. The van der Waals surface area contributed by atoms with Crippen LogP contribution < -0.4 is 0 Å². The van der Waals surface area contributed by atoms with Gasteiger partial charge in [-0.25, -0.2) is 4.21 Å². The lowest BCUT2D eigenvalue weighted by Gasteiger charge is -2.09. The van der Waals surface area contributed by atoms with Crippen LogP contribution >= 0.6 is 0 Å². The number of hydrogen-bond donors (Lipinski definition) is 1. The van der Waals surface area contributed by atoms with E-state index in [1.165, 1.54) is 32.1 Å². The van der Waals surface area contributed by atoms with Gasteiger partial charge in [-0.05, 0) is 12.8 Å². The van der Waals surface area contributed by atoms with Crippen molar-refractivity contribution in [3.8, 4) is 0 Å². The third-order valence-corrected chi connectivity index (χ3v) is 3.76. The van der Waals surface area contributed by atoms with Crippen LogP contribution in [0.4, 0.5) is 0 Å². The lowest BCUT2D eigenvalue weighted by atomic mass is 10.1. The van der Waals surface area contributed by atoms with Crippen molar-refractivity contribution in [3.63, 3.8) is 0 Å². The minimum absolute atomic E-state index is 0.00109. The number of rotatable bonds is 9. The Morgan fingerprint density at radius 1 is 1.07 bits per heavy atom. The topological polar surface area (TPSA) is 37.3 Å². The summed E-state index contributed by atoms with van der Waals surface area (Å²) in [5.74, 6) is 0. The normalized spacial score (nSPS) is 15.4. The molecule has 0 aliphatic rings. The van der Waals surface area contributed by atoms with Gasteiger partial charge in [-0.2, -0.15) is 0 Å². The van der Waals surface area contributed by atoms with Gasteiger partial charge in [0.2, 0.25) is 0 Å². The molecule has 0 radical (unpaired) electrons. The van der Waals surface area contributed by atoms with E-state index in [4.69, 9.17) is 4.55 Å². The van der Waals surface area contributed by atoms with E-state index in [1.807, 2.05) is 6.92 Å². The molecular formula is C11H24O2S. The first-order chi connectivity index (χ1) is 6.72. The molecule has 0 amide bonds. The van der Waals surface area contributed by atoms with Gasteiger partial charge in [-0.3, -0.25) is 0 Å². The Morgan fingerprint density at radius 3 is 2.14 bits per heavy atom. The third-order valence-electron chi connectivity index (χ3n) is 2.62. The van der Waals surface area contributed by atoms with Gasteiger partial charge in [0.15, 0.2) is 11.1 Å². The summed E-state index contributed by atoms with van der Waals surface area (Å²) in [7, 11) is 0. The van der Waals surface area contributed by atoms with Gasteiger partial charge in [0, 0.05) is 0 Å². The van der Waals surface area contributed by atoms with E-state index < -0.39 is 11.1 Å². The first-order valence-corrected chi connectivity index (χ1v) is 6.99. The van der Waals surface area contributed by atoms with Crippen molar-refractivity contribution in [2.75, 3.05) is 0 Å². The predicted octanol–water partition coefficient (Wildman–Crippen LogP) is 3.74. The molecule has 86 valence electrons. The van der Waals surface area contributed by atoms with Crippen LogP contribution in [-0.4, -0.2) is 14.0 Å². The average Bonchev–Trinajstić information content (AvgIpc) is 2.16. The first kappa shape index (κ1) is 14.1. The van der Waals surface area contributed by atoms with Crippen LogP contribution in [-0.2, 0) is 11.1 Å². The molecule has 1 N–H and O–H groups in total. The predicted molar refractivity (Wildman–Crippen MR) is 62.8 cm³/mol. The number of unbranched alkanes of at least 4 members (excludes halogenated alkanes) is 5. The van der Waals surface area contributed by atoms with Gasteiger partial charge >= 0.3 is 0 Å². The second-order valence-electron chi connectivity index (χ2n) is 3.86. The van der Waals surface area contributed by atoms with E-state index in [1.54, 1.807) is 0 Å². The largest absolute Gasteiger partial charge is 0.306 e. The van der Waals surface area contributed by atoms with Crippen molar-refractivity contribution in [2.45, 2.75) is 70.5 Å². The van der Waals surface area contributed by atoms with Crippen LogP contribution in [0.1, 0.15) is 65.2 Å². The van der Waals surface area contributed by atoms with Gasteiger partial charge in [0.25, 0.3) is 0 Å². The van der Waals surface area contributed by atoms with Crippen LogP contribution in [0.15, 0.2) is 0 Å².